The molecule has 2 aromatic carbocycles. The van der Waals surface area contributed by atoms with Gasteiger partial charge >= 0.3 is 0 Å². The molecule has 0 fully saturated rings. The predicted molar refractivity (Wildman–Crippen MR) is 91.9 cm³/mol. The van der Waals surface area contributed by atoms with Gasteiger partial charge in [0.1, 0.15) is 5.52 Å². The van der Waals surface area contributed by atoms with E-state index in [1.807, 2.05) is 30.3 Å². The number of aromatic nitrogens is 2. The van der Waals surface area contributed by atoms with Gasteiger partial charge in [-0.05, 0) is 53.0 Å². The van der Waals surface area contributed by atoms with Crippen molar-refractivity contribution in [2.24, 2.45) is 0 Å². The molecule has 0 aliphatic rings. The second kappa shape index (κ2) is 4.92. The second-order valence-electron chi connectivity index (χ2n) is 5.41. The van der Waals surface area contributed by atoms with E-state index in [1.54, 1.807) is 0 Å². The van der Waals surface area contributed by atoms with Crippen molar-refractivity contribution in [1.29, 1.82) is 0 Å². The first-order valence-corrected chi connectivity index (χ1v) is 7.85. The largest absolute Gasteiger partial charge is 0.435 e. The van der Waals surface area contributed by atoms with Crippen LogP contribution in [0, 0.1) is 13.8 Å². The van der Waals surface area contributed by atoms with Crippen LogP contribution in [0.15, 0.2) is 51.4 Å². The number of rotatable bonds is 1. The summed E-state index contributed by atoms with van der Waals surface area (Å²) >= 11 is 3.61. The van der Waals surface area contributed by atoms with E-state index in [0.29, 0.717) is 5.71 Å². The molecule has 0 saturated carbocycles. The summed E-state index contributed by atoms with van der Waals surface area (Å²) in [6.07, 6.45) is 0. The summed E-state index contributed by atoms with van der Waals surface area (Å²) in [6.45, 7) is 4.16. The molecule has 108 valence electrons. The quantitative estimate of drug-likeness (QED) is 0.458. The van der Waals surface area contributed by atoms with Crippen LogP contribution >= 0.6 is 15.9 Å². The lowest BCUT2D eigenvalue weighted by Crippen LogP contribution is -1.88. The Labute approximate surface area is 136 Å². The normalized spacial score (nSPS) is 11.4. The summed E-state index contributed by atoms with van der Waals surface area (Å²) in [5.41, 5.74) is 6.48. The Bertz CT molecular complexity index is 1010. The SMILES string of the molecule is Cc1cc2nc3oc(-c4ccccc4)c(Br)c3nc2cc1C. The van der Waals surface area contributed by atoms with Gasteiger partial charge in [-0.2, -0.15) is 0 Å². The Kier molecular flexibility index (Phi) is 3.01. The van der Waals surface area contributed by atoms with Crippen molar-refractivity contribution in [3.05, 3.63) is 58.1 Å². The minimum absolute atomic E-state index is 0.557. The minimum Gasteiger partial charge on any atom is -0.435 e. The van der Waals surface area contributed by atoms with Crippen LogP contribution in [0.4, 0.5) is 0 Å². The van der Waals surface area contributed by atoms with Crippen LogP contribution in [0.2, 0.25) is 0 Å². The van der Waals surface area contributed by atoms with E-state index in [-0.39, 0.29) is 0 Å². The van der Waals surface area contributed by atoms with E-state index in [1.165, 1.54) is 11.1 Å². The number of fused-ring (bicyclic) bond motifs is 2. The molecule has 22 heavy (non-hydrogen) atoms. The maximum atomic E-state index is 5.94. The summed E-state index contributed by atoms with van der Waals surface area (Å²) in [6, 6.07) is 14.1. The molecule has 4 heteroatoms. The summed E-state index contributed by atoms with van der Waals surface area (Å²) in [4.78, 5) is 9.35. The van der Waals surface area contributed by atoms with E-state index < -0.39 is 0 Å². The first-order chi connectivity index (χ1) is 10.6. The van der Waals surface area contributed by atoms with Gasteiger partial charge in [0.05, 0.1) is 15.5 Å². The number of hydrogen-bond acceptors (Lipinski definition) is 3. The van der Waals surface area contributed by atoms with Gasteiger partial charge in [0.15, 0.2) is 5.76 Å². The lowest BCUT2D eigenvalue weighted by Gasteiger charge is -2.02. The zero-order valence-corrected chi connectivity index (χ0v) is 13.8. The van der Waals surface area contributed by atoms with Crippen LogP contribution in [0.3, 0.4) is 0 Å². The van der Waals surface area contributed by atoms with E-state index in [9.17, 15) is 0 Å². The Morgan fingerprint density at radius 1 is 0.909 bits per heavy atom. The van der Waals surface area contributed by atoms with Gasteiger partial charge in [0.25, 0.3) is 0 Å². The molecule has 2 heterocycles. The predicted octanol–water partition coefficient (Wildman–Crippen LogP) is 5.42. The number of aryl methyl sites for hydroxylation is 2. The molecule has 0 aliphatic carbocycles. The minimum atomic E-state index is 0.557. The Morgan fingerprint density at radius 3 is 2.23 bits per heavy atom. The molecule has 4 rings (SSSR count). The van der Waals surface area contributed by atoms with Gasteiger partial charge in [0.2, 0.25) is 5.71 Å². The number of nitrogens with zero attached hydrogens (tertiary/aromatic N) is 2. The van der Waals surface area contributed by atoms with Gasteiger partial charge in [-0.1, -0.05) is 30.3 Å². The van der Waals surface area contributed by atoms with E-state index >= 15 is 0 Å². The molecular weight excluding hydrogens is 340 g/mol. The van der Waals surface area contributed by atoms with Crippen LogP contribution in [0.25, 0.3) is 33.6 Å². The third-order valence-electron chi connectivity index (χ3n) is 3.89. The highest BCUT2D eigenvalue weighted by Gasteiger charge is 2.17. The van der Waals surface area contributed by atoms with Crippen molar-refractivity contribution in [2.45, 2.75) is 13.8 Å². The molecule has 0 aliphatic heterocycles. The molecule has 0 radical (unpaired) electrons. The highest BCUT2D eigenvalue weighted by Crippen LogP contribution is 2.36. The molecule has 0 amide bonds. The lowest BCUT2D eigenvalue weighted by atomic mass is 10.1. The lowest BCUT2D eigenvalue weighted by molar-refractivity contribution is 0.618. The zero-order valence-electron chi connectivity index (χ0n) is 12.2. The molecule has 2 aromatic heterocycles. The maximum Gasteiger partial charge on any atom is 0.247 e. The Hall–Kier alpha value is -2.20. The second-order valence-corrected chi connectivity index (χ2v) is 6.21. The molecule has 3 nitrogen and oxygen atoms in total. The van der Waals surface area contributed by atoms with Gasteiger partial charge in [-0.3, -0.25) is 0 Å². The molecule has 0 unspecified atom stereocenters. The van der Waals surface area contributed by atoms with Gasteiger partial charge in [-0.25, -0.2) is 9.97 Å². The molecule has 0 bridgehead atoms. The first kappa shape index (κ1) is 13.5. The number of furan rings is 1. The zero-order chi connectivity index (χ0) is 15.3. The van der Waals surface area contributed by atoms with E-state index in [0.717, 1.165) is 32.3 Å². The Balaban J connectivity index is 2.03. The molecule has 0 saturated heterocycles. The number of benzene rings is 2. The highest BCUT2D eigenvalue weighted by atomic mass is 79.9. The number of halogens is 1. The summed E-state index contributed by atoms with van der Waals surface area (Å²) in [7, 11) is 0. The first-order valence-electron chi connectivity index (χ1n) is 7.06. The van der Waals surface area contributed by atoms with E-state index in [2.05, 4.69) is 46.9 Å². The maximum absolute atomic E-state index is 5.94. The van der Waals surface area contributed by atoms with Crippen LogP contribution < -0.4 is 0 Å². The van der Waals surface area contributed by atoms with Gasteiger partial charge < -0.3 is 4.42 Å². The van der Waals surface area contributed by atoms with Crippen LogP contribution in [0.1, 0.15) is 11.1 Å². The standard InChI is InChI=1S/C18H13BrN2O/c1-10-8-13-14(9-11(10)2)21-18-16(20-13)15(19)17(22-18)12-6-4-3-5-7-12/h3-9H,1-2H3. The third-order valence-corrected chi connectivity index (χ3v) is 4.63. The van der Waals surface area contributed by atoms with Crippen molar-refractivity contribution in [2.75, 3.05) is 0 Å². The topological polar surface area (TPSA) is 38.9 Å². The molecule has 0 atom stereocenters. The fraction of sp³-hybridized carbons (Fsp3) is 0.111. The van der Waals surface area contributed by atoms with Crippen molar-refractivity contribution >= 4 is 38.2 Å². The van der Waals surface area contributed by atoms with Crippen molar-refractivity contribution < 1.29 is 4.42 Å². The summed E-state index contributed by atoms with van der Waals surface area (Å²) in [5.74, 6) is 0.763. The third kappa shape index (κ3) is 2.03. The molecule has 0 spiro atoms. The monoisotopic (exact) mass is 352 g/mol. The van der Waals surface area contributed by atoms with Crippen LogP contribution in [-0.4, -0.2) is 9.97 Å². The summed E-state index contributed by atoms with van der Waals surface area (Å²) < 4.78 is 6.79. The molecule has 0 N–H and O–H groups in total. The Morgan fingerprint density at radius 2 is 1.55 bits per heavy atom. The molecular formula is C18H13BrN2O. The summed E-state index contributed by atoms with van der Waals surface area (Å²) in [5, 5.41) is 0. The van der Waals surface area contributed by atoms with Gasteiger partial charge in [0, 0.05) is 5.56 Å². The van der Waals surface area contributed by atoms with Crippen molar-refractivity contribution in [3.63, 3.8) is 0 Å². The van der Waals surface area contributed by atoms with Crippen molar-refractivity contribution in [3.8, 4) is 11.3 Å². The van der Waals surface area contributed by atoms with Crippen LogP contribution in [-0.2, 0) is 0 Å². The smallest absolute Gasteiger partial charge is 0.247 e. The van der Waals surface area contributed by atoms with Gasteiger partial charge in [-0.15, -0.1) is 0 Å². The highest BCUT2D eigenvalue weighted by molar-refractivity contribution is 9.10. The fourth-order valence-electron chi connectivity index (χ4n) is 2.53. The van der Waals surface area contributed by atoms with Crippen LogP contribution in [0.5, 0.6) is 0 Å². The van der Waals surface area contributed by atoms with Crippen molar-refractivity contribution in [1.82, 2.24) is 9.97 Å². The number of hydrogen-bond donors (Lipinski definition) is 0. The molecule has 4 aromatic rings. The average molecular weight is 353 g/mol. The van der Waals surface area contributed by atoms with E-state index in [4.69, 9.17) is 9.40 Å². The average Bonchev–Trinajstić information content (AvgIpc) is 2.84. The fourth-order valence-corrected chi connectivity index (χ4v) is 3.10.